The summed E-state index contributed by atoms with van der Waals surface area (Å²) < 4.78 is 16.2. The van der Waals surface area contributed by atoms with Crippen LogP contribution in [0.4, 0.5) is 10.2 Å². The van der Waals surface area contributed by atoms with Crippen LogP contribution in [0.25, 0.3) is 11.3 Å². The highest BCUT2D eigenvalue weighted by molar-refractivity contribution is 6.30. The van der Waals surface area contributed by atoms with Gasteiger partial charge in [0.25, 0.3) is 0 Å². The fourth-order valence-electron chi connectivity index (χ4n) is 2.57. The molecule has 0 atom stereocenters. The highest BCUT2D eigenvalue weighted by atomic mass is 35.5. The van der Waals surface area contributed by atoms with E-state index in [0.29, 0.717) is 28.0 Å². The minimum absolute atomic E-state index is 0.377. The molecule has 0 amide bonds. The summed E-state index contributed by atoms with van der Waals surface area (Å²) in [5, 5.41) is 0.377. The fraction of sp³-hybridized carbons (Fsp3) is 0.438. The van der Waals surface area contributed by atoms with Crippen LogP contribution in [0, 0.1) is 5.82 Å². The van der Waals surface area contributed by atoms with Crippen molar-refractivity contribution in [1.82, 2.24) is 9.55 Å². The SMILES string of the molecule is CCCCn1c(C2CC2)nc(-c2ccc(Cl)cc2F)c1N. The lowest BCUT2D eigenvalue weighted by Gasteiger charge is -2.08. The second-order valence-corrected chi connectivity index (χ2v) is 6.04. The van der Waals surface area contributed by atoms with Gasteiger partial charge in [0.1, 0.15) is 23.2 Å². The smallest absolute Gasteiger partial charge is 0.134 e. The van der Waals surface area contributed by atoms with E-state index in [4.69, 9.17) is 17.3 Å². The van der Waals surface area contributed by atoms with Crippen LogP contribution in [-0.4, -0.2) is 9.55 Å². The molecule has 21 heavy (non-hydrogen) atoms. The van der Waals surface area contributed by atoms with Crippen molar-refractivity contribution < 1.29 is 4.39 Å². The van der Waals surface area contributed by atoms with Gasteiger partial charge in [-0.15, -0.1) is 0 Å². The number of nitrogens with two attached hydrogens (primary N) is 1. The van der Waals surface area contributed by atoms with Crippen LogP contribution in [0.3, 0.4) is 0 Å². The van der Waals surface area contributed by atoms with Crippen LogP contribution in [-0.2, 0) is 6.54 Å². The van der Waals surface area contributed by atoms with Crippen molar-refractivity contribution in [1.29, 1.82) is 0 Å². The molecule has 0 saturated heterocycles. The minimum Gasteiger partial charge on any atom is -0.383 e. The number of benzene rings is 1. The molecule has 0 aliphatic heterocycles. The molecule has 1 heterocycles. The molecular weight excluding hydrogens is 289 g/mol. The summed E-state index contributed by atoms with van der Waals surface area (Å²) in [4.78, 5) is 4.64. The van der Waals surface area contributed by atoms with Crippen LogP contribution in [0.15, 0.2) is 18.2 Å². The number of imidazole rings is 1. The lowest BCUT2D eigenvalue weighted by Crippen LogP contribution is -2.06. The van der Waals surface area contributed by atoms with Crippen molar-refractivity contribution in [3.63, 3.8) is 0 Å². The molecule has 5 heteroatoms. The fourth-order valence-corrected chi connectivity index (χ4v) is 2.73. The number of aromatic nitrogens is 2. The van der Waals surface area contributed by atoms with Gasteiger partial charge in [0.15, 0.2) is 0 Å². The van der Waals surface area contributed by atoms with Crippen molar-refractivity contribution in [2.45, 2.75) is 45.1 Å². The predicted molar refractivity (Wildman–Crippen MR) is 83.9 cm³/mol. The Hall–Kier alpha value is -1.55. The molecule has 1 aliphatic carbocycles. The van der Waals surface area contributed by atoms with Crippen LogP contribution in [0.1, 0.15) is 44.3 Å². The van der Waals surface area contributed by atoms with Gasteiger partial charge in [-0.2, -0.15) is 0 Å². The van der Waals surface area contributed by atoms with E-state index in [9.17, 15) is 4.39 Å². The predicted octanol–water partition coefficient (Wildman–Crippen LogP) is 4.60. The molecule has 3 nitrogen and oxygen atoms in total. The zero-order valence-corrected chi connectivity index (χ0v) is 12.8. The monoisotopic (exact) mass is 307 g/mol. The zero-order chi connectivity index (χ0) is 15.0. The van der Waals surface area contributed by atoms with Gasteiger partial charge in [-0.1, -0.05) is 24.9 Å². The molecule has 0 radical (unpaired) electrons. The standard InChI is InChI=1S/C16H19ClFN3/c1-2-3-8-21-15(19)14(20-16(21)10-4-5-10)12-7-6-11(17)9-13(12)18/h6-7,9-10H,2-5,8,19H2,1H3. The van der Waals surface area contributed by atoms with Gasteiger partial charge in [0, 0.05) is 23.0 Å². The highest BCUT2D eigenvalue weighted by Crippen LogP contribution is 2.42. The molecule has 0 bridgehead atoms. The van der Waals surface area contributed by atoms with Crippen molar-refractivity contribution in [2.24, 2.45) is 0 Å². The van der Waals surface area contributed by atoms with Gasteiger partial charge in [0.05, 0.1) is 0 Å². The third-order valence-corrected chi connectivity index (χ3v) is 4.14. The second-order valence-electron chi connectivity index (χ2n) is 5.61. The average Bonchev–Trinajstić information content (AvgIpc) is 3.23. The van der Waals surface area contributed by atoms with E-state index < -0.39 is 0 Å². The summed E-state index contributed by atoms with van der Waals surface area (Å²) in [6.07, 6.45) is 4.42. The maximum absolute atomic E-state index is 14.1. The molecule has 1 aromatic heterocycles. The summed E-state index contributed by atoms with van der Waals surface area (Å²) in [5.41, 5.74) is 7.22. The molecule has 112 valence electrons. The molecule has 1 aromatic carbocycles. The zero-order valence-electron chi connectivity index (χ0n) is 12.1. The summed E-state index contributed by atoms with van der Waals surface area (Å²) >= 11 is 5.81. The Bertz CT molecular complexity index is 662. The van der Waals surface area contributed by atoms with Gasteiger partial charge in [-0.05, 0) is 37.5 Å². The Balaban J connectivity index is 2.06. The summed E-state index contributed by atoms with van der Waals surface area (Å²) in [5.74, 6) is 1.67. The largest absolute Gasteiger partial charge is 0.383 e. The van der Waals surface area contributed by atoms with Gasteiger partial charge < -0.3 is 10.3 Å². The summed E-state index contributed by atoms with van der Waals surface area (Å²) in [6, 6.07) is 4.62. The van der Waals surface area contributed by atoms with E-state index in [1.54, 1.807) is 12.1 Å². The lowest BCUT2D eigenvalue weighted by atomic mass is 10.1. The second kappa shape index (κ2) is 5.68. The molecule has 2 N–H and O–H groups in total. The lowest BCUT2D eigenvalue weighted by molar-refractivity contribution is 0.609. The molecule has 1 saturated carbocycles. The summed E-state index contributed by atoms with van der Waals surface area (Å²) in [7, 11) is 0. The Morgan fingerprint density at radius 1 is 1.43 bits per heavy atom. The number of halogens is 2. The number of unbranched alkanes of at least 4 members (excludes halogenated alkanes) is 1. The quantitative estimate of drug-likeness (QED) is 0.877. The van der Waals surface area contributed by atoms with Gasteiger partial charge in [-0.25, -0.2) is 9.37 Å². The Labute approximate surface area is 128 Å². The molecule has 1 fully saturated rings. The molecular formula is C16H19ClFN3. The van der Waals surface area contributed by atoms with Gasteiger partial charge in [-0.3, -0.25) is 0 Å². The van der Waals surface area contributed by atoms with Crippen LogP contribution >= 0.6 is 11.6 Å². The van der Waals surface area contributed by atoms with E-state index in [2.05, 4.69) is 16.5 Å². The number of nitrogens with zero attached hydrogens (tertiary/aromatic N) is 2. The molecule has 2 aromatic rings. The normalized spacial score (nSPS) is 14.6. The first-order chi connectivity index (χ1) is 10.1. The first-order valence-corrected chi connectivity index (χ1v) is 7.81. The number of nitrogen functional groups attached to an aromatic ring is 1. The van der Waals surface area contributed by atoms with Crippen molar-refractivity contribution in [2.75, 3.05) is 5.73 Å². The maximum atomic E-state index is 14.1. The third kappa shape index (κ3) is 2.77. The first-order valence-electron chi connectivity index (χ1n) is 7.43. The third-order valence-electron chi connectivity index (χ3n) is 3.90. The topological polar surface area (TPSA) is 43.8 Å². The van der Waals surface area contributed by atoms with Crippen molar-refractivity contribution in [3.05, 3.63) is 34.9 Å². The van der Waals surface area contributed by atoms with E-state index >= 15 is 0 Å². The highest BCUT2D eigenvalue weighted by Gasteiger charge is 2.31. The summed E-state index contributed by atoms with van der Waals surface area (Å²) in [6.45, 7) is 2.99. The molecule has 0 spiro atoms. The minimum atomic E-state index is -0.378. The Kier molecular flexibility index (Phi) is 3.89. The molecule has 3 rings (SSSR count). The van der Waals surface area contributed by atoms with Crippen molar-refractivity contribution >= 4 is 17.4 Å². The van der Waals surface area contributed by atoms with Crippen LogP contribution in [0.5, 0.6) is 0 Å². The molecule has 0 unspecified atom stereocenters. The van der Waals surface area contributed by atoms with Crippen LogP contribution < -0.4 is 5.73 Å². The number of hydrogen-bond acceptors (Lipinski definition) is 2. The number of hydrogen-bond donors (Lipinski definition) is 1. The Morgan fingerprint density at radius 2 is 2.19 bits per heavy atom. The van der Waals surface area contributed by atoms with E-state index in [0.717, 1.165) is 38.1 Å². The molecule has 1 aliphatic rings. The van der Waals surface area contributed by atoms with Crippen LogP contribution in [0.2, 0.25) is 5.02 Å². The van der Waals surface area contributed by atoms with Gasteiger partial charge in [0.2, 0.25) is 0 Å². The van der Waals surface area contributed by atoms with E-state index in [1.807, 2.05) is 0 Å². The average molecular weight is 308 g/mol. The van der Waals surface area contributed by atoms with Crippen molar-refractivity contribution in [3.8, 4) is 11.3 Å². The maximum Gasteiger partial charge on any atom is 0.134 e. The van der Waals surface area contributed by atoms with E-state index in [1.165, 1.54) is 6.07 Å². The number of rotatable bonds is 5. The Morgan fingerprint density at radius 3 is 2.81 bits per heavy atom. The van der Waals surface area contributed by atoms with Gasteiger partial charge >= 0.3 is 0 Å². The first kappa shape index (κ1) is 14.4. The number of anilines is 1. The van der Waals surface area contributed by atoms with E-state index in [-0.39, 0.29) is 5.82 Å².